The van der Waals surface area contributed by atoms with Gasteiger partial charge in [-0.3, -0.25) is 0 Å². The second-order valence-electron chi connectivity index (χ2n) is 9.47. The van der Waals surface area contributed by atoms with Crippen LogP contribution in [0, 0.1) is 11.8 Å². The molecule has 0 spiro atoms. The Morgan fingerprint density at radius 3 is 1.22 bits per heavy atom. The van der Waals surface area contributed by atoms with Crippen LogP contribution in [0.4, 0.5) is 0 Å². The zero-order valence-electron chi connectivity index (χ0n) is 21.8. The third-order valence-electron chi connectivity index (χ3n) is 6.97. The van der Waals surface area contributed by atoms with Crippen molar-refractivity contribution in [2.45, 2.75) is 116 Å². The van der Waals surface area contributed by atoms with Crippen LogP contribution in [-0.4, -0.2) is 85.8 Å². The van der Waals surface area contributed by atoms with E-state index in [4.69, 9.17) is 28.4 Å². The lowest BCUT2D eigenvalue weighted by Crippen LogP contribution is -2.40. The molecule has 0 aromatic heterocycles. The fraction of sp³-hybridized carbons (Fsp3) is 1.00. The highest BCUT2D eigenvalue weighted by Gasteiger charge is 2.53. The first-order chi connectivity index (χ1) is 15.0. The van der Waals surface area contributed by atoms with E-state index >= 15 is 0 Å². The van der Waals surface area contributed by atoms with E-state index in [9.17, 15) is 10.2 Å². The van der Waals surface area contributed by atoms with E-state index in [1.54, 1.807) is 14.2 Å². The van der Waals surface area contributed by atoms with Crippen LogP contribution in [0.1, 0.15) is 68.2 Å². The number of aliphatic hydroxyl groups excluding tert-OH is 2. The molecule has 192 valence electrons. The average Bonchev–Trinajstić information content (AvgIpc) is 3.17. The Kier molecular flexibility index (Phi) is 12.0. The van der Waals surface area contributed by atoms with Gasteiger partial charge in [0.2, 0.25) is 0 Å². The summed E-state index contributed by atoms with van der Waals surface area (Å²) in [6, 6.07) is 0. The number of ether oxygens (including phenoxy) is 6. The van der Waals surface area contributed by atoms with Gasteiger partial charge in [0, 0.05) is 26.1 Å². The summed E-state index contributed by atoms with van der Waals surface area (Å²) >= 11 is 0. The van der Waals surface area contributed by atoms with E-state index in [2.05, 4.69) is 0 Å². The fourth-order valence-electron chi connectivity index (χ4n) is 4.66. The maximum Gasteiger partial charge on any atom is 0.185 e. The molecule has 0 bridgehead atoms. The molecule has 8 nitrogen and oxygen atoms in total. The normalized spacial score (nSPS) is 39.6. The van der Waals surface area contributed by atoms with E-state index in [-0.39, 0.29) is 62.0 Å². The smallest absolute Gasteiger partial charge is 0.185 e. The third-order valence-corrected chi connectivity index (χ3v) is 6.97. The summed E-state index contributed by atoms with van der Waals surface area (Å²) in [6.07, 6.45) is 0.677. The lowest BCUT2D eigenvalue weighted by atomic mass is 9.85. The van der Waals surface area contributed by atoms with Crippen molar-refractivity contribution in [3.63, 3.8) is 0 Å². The number of hydrogen-bond donors (Lipinski definition) is 2. The third kappa shape index (κ3) is 6.42. The zero-order valence-corrected chi connectivity index (χ0v) is 21.8. The van der Waals surface area contributed by atoms with E-state index in [0.29, 0.717) is 0 Å². The fourth-order valence-corrected chi connectivity index (χ4v) is 4.66. The molecule has 8 heteroatoms. The monoisotopic (exact) mass is 464 g/mol. The molecule has 0 aliphatic carbocycles. The number of rotatable bonds is 10. The summed E-state index contributed by atoms with van der Waals surface area (Å²) < 4.78 is 34.0. The summed E-state index contributed by atoms with van der Waals surface area (Å²) in [6.45, 7) is 16.0. The minimum Gasteiger partial charge on any atom is -0.393 e. The van der Waals surface area contributed by atoms with Gasteiger partial charge in [-0.2, -0.15) is 0 Å². The molecule has 8 atom stereocenters. The molecule has 2 aliphatic rings. The molecule has 0 amide bonds. The Morgan fingerprint density at radius 2 is 1.03 bits per heavy atom. The predicted molar refractivity (Wildman–Crippen MR) is 122 cm³/mol. The summed E-state index contributed by atoms with van der Waals surface area (Å²) in [4.78, 5) is 0. The SMILES string of the molecule is CCC1(CO)OC(OC(C)C)[C@@H](OC)[C@H]1C.CCC1(CO)OC(OC(C)C)[C@@H](OC)[C@H]1C. The van der Waals surface area contributed by atoms with Crippen molar-refractivity contribution in [2.24, 2.45) is 11.8 Å². The summed E-state index contributed by atoms with van der Waals surface area (Å²) in [7, 11) is 3.31. The molecule has 0 aromatic rings. The van der Waals surface area contributed by atoms with Crippen LogP contribution in [0.2, 0.25) is 0 Å². The summed E-state index contributed by atoms with van der Waals surface area (Å²) in [5.74, 6) is 0.243. The maximum atomic E-state index is 9.52. The number of aliphatic hydroxyl groups is 2. The largest absolute Gasteiger partial charge is 0.393 e. The minimum absolute atomic E-state index is 0.00246. The standard InChI is InChI=1S/2C12H24O4/c2*1-6-12(7-13)9(4)10(14-5)11(16-12)15-8(2)3/h2*8-11,13H,6-7H2,1-5H3/t2*9-,10+,11?,12?/m11/s1. The molecule has 32 heavy (non-hydrogen) atoms. The van der Waals surface area contributed by atoms with Gasteiger partial charge in [-0.05, 0) is 40.5 Å². The van der Waals surface area contributed by atoms with E-state index in [1.807, 2.05) is 55.4 Å². The van der Waals surface area contributed by atoms with Gasteiger partial charge in [0.05, 0.1) is 36.6 Å². The van der Waals surface area contributed by atoms with Crippen molar-refractivity contribution in [3.8, 4) is 0 Å². The van der Waals surface area contributed by atoms with Crippen molar-refractivity contribution in [1.82, 2.24) is 0 Å². The quantitative estimate of drug-likeness (QED) is 0.509. The Balaban J connectivity index is 0.000000320. The predicted octanol–water partition coefficient (Wildman–Crippen LogP) is 3.12. The highest BCUT2D eigenvalue weighted by Crippen LogP contribution is 2.41. The van der Waals surface area contributed by atoms with Gasteiger partial charge in [-0.15, -0.1) is 0 Å². The maximum absolute atomic E-state index is 9.52. The van der Waals surface area contributed by atoms with Crippen molar-refractivity contribution >= 4 is 0 Å². The molecule has 2 saturated heterocycles. The molecule has 0 saturated carbocycles. The first kappa shape index (κ1) is 29.7. The number of hydrogen-bond acceptors (Lipinski definition) is 8. The molecule has 2 heterocycles. The van der Waals surface area contributed by atoms with Crippen LogP contribution >= 0.6 is 0 Å². The molecule has 2 N–H and O–H groups in total. The lowest BCUT2D eigenvalue weighted by Gasteiger charge is -2.29. The molecular weight excluding hydrogens is 416 g/mol. The molecule has 0 radical (unpaired) electrons. The molecule has 4 unspecified atom stereocenters. The Hall–Kier alpha value is -0.320. The first-order valence-corrected chi connectivity index (χ1v) is 11.9. The molecule has 2 aliphatic heterocycles. The Morgan fingerprint density at radius 1 is 0.719 bits per heavy atom. The van der Waals surface area contributed by atoms with Gasteiger partial charge in [0.25, 0.3) is 0 Å². The Bertz CT molecular complexity index is 472. The van der Waals surface area contributed by atoms with Crippen LogP contribution in [-0.2, 0) is 28.4 Å². The van der Waals surface area contributed by atoms with Crippen molar-refractivity contribution in [2.75, 3.05) is 27.4 Å². The van der Waals surface area contributed by atoms with Crippen molar-refractivity contribution in [1.29, 1.82) is 0 Å². The molecule has 2 fully saturated rings. The van der Waals surface area contributed by atoms with Gasteiger partial charge in [-0.25, -0.2) is 0 Å². The topological polar surface area (TPSA) is 95.8 Å². The van der Waals surface area contributed by atoms with E-state index in [0.717, 1.165) is 12.8 Å². The lowest BCUT2D eigenvalue weighted by molar-refractivity contribution is -0.215. The summed E-state index contributed by atoms with van der Waals surface area (Å²) in [5, 5.41) is 19.0. The van der Waals surface area contributed by atoms with Gasteiger partial charge in [0.15, 0.2) is 12.6 Å². The van der Waals surface area contributed by atoms with Crippen LogP contribution in [0.5, 0.6) is 0 Å². The molecule has 0 aromatic carbocycles. The van der Waals surface area contributed by atoms with Gasteiger partial charge >= 0.3 is 0 Å². The van der Waals surface area contributed by atoms with Crippen LogP contribution in [0.3, 0.4) is 0 Å². The second kappa shape index (κ2) is 13.0. The highest BCUT2D eigenvalue weighted by atomic mass is 16.7. The highest BCUT2D eigenvalue weighted by molar-refractivity contribution is 4.98. The van der Waals surface area contributed by atoms with Crippen molar-refractivity contribution in [3.05, 3.63) is 0 Å². The average molecular weight is 465 g/mol. The van der Waals surface area contributed by atoms with Crippen LogP contribution < -0.4 is 0 Å². The number of methoxy groups -OCH3 is 2. The van der Waals surface area contributed by atoms with E-state index in [1.165, 1.54) is 0 Å². The van der Waals surface area contributed by atoms with Gasteiger partial charge in [0.1, 0.15) is 12.2 Å². The first-order valence-electron chi connectivity index (χ1n) is 11.9. The van der Waals surface area contributed by atoms with Crippen LogP contribution in [0.15, 0.2) is 0 Å². The molecular formula is C24H48O8. The van der Waals surface area contributed by atoms with Crippen molar-refractivity contribution < 1.29 is 38.6 Å². The zero-order chi connectivity index (χ0) is 24.7. The second-order valence-corrected chi connectivity index (χ2v) is 9.47. The minimum atomic E-state index is -0.528. The Labute approximate surface area is 194 Å². The molecule has 2 rings (SSSR count). The summed E-state index contributed by atoms with van der Waals surface area (Å²) in [5.41, 5.74) is -1.06. The van der Waals surface area contributed by atoms with Crippen LogP contribution in [0.25, 0.3) is 0 Å². The van der Waals surface area contributed by atoms with Gasteiger partial charge < -0.3 is 38.6 Å². The van der Waals surface area contributed by atoms with Gasteiger partial charge in [-0.1, -0.05) is 27.7 Å². The van der Waals surface area contributed by atoms with E-state index < -0.39 is 11.2 Å².